The first-order chi connectivity index (χ1) is 6.77. The summed E-state index contributed by atoms with van der Waals surface area (Å²) in [5.41, 5.74) is 0. The van der Waals surface area contributed by atoms with Crippen molar-refractivity contribution in [2.45, 2.75) is 0 Å². The Bertz CT molecular complexity index is 408. The molecule has 1 heterocycles. The fourth-order valence-corrected chi connectivity index (χ4v) is 0.935. The number of nitrogens with zero attached hydrogens (tertiary/aromatic N) is 2. The Morgan fingerprint density at radius 1 is 1.29 bits per heavy atom. The van der Waals surface area contributed by atoms with Gasteiger partial charge in [0.25, 0.3) is 0 Å². The second kappa shape index (κ2) is 3.45. The molecule has 1 aromatic heterocycles. The summed E-state index contributed by atoms with van der Waals surface area (Å²) in [5, 5.41) is 3.53. The van der Waals surface area contributed by atoms with E-state index in [1.807, 2.05) is 0 Å². The van der Waals surface area contributed by atoms with Crippen molar-refractivity contribution in [3.8, 4) is 5.75 Å². The van der Waals surface area contributed by atoms with Gasteiger partial charge in [-0.15, -0.1) is 5.10 Å². The molecule has 0 unspecified atom stereocenters. The first-order valence-electron chi connectivity index (χ1n) is 3.81. The van der Waals surface area contributed by atoms with Crippen LogP contribution in [0, 0.1) is 17.8 Å². The molecular formula is C9H5F2N2O. The molecule has 0 fully saturated rings. The molecular weight excluding hydrogens is 190 g/mol. The van der Waals surface area contributed by atoms with Gasteiger partial charge in [0.1, 0.15) is 6.20 Å². The highest BCUT2D eigenvalue weighted by atomic mass is 19.1. The van der Waals surface area contributed by atoms with Gasteiger partial charge >= 0.3 is 0 Å². The molecule has 2 aromatic rings. The van der Waals surface area contributed by atoms with E-state index in [1.165, 1.54) is 18.3 Å². The van der Waals surface area contributed by atoms with E-state index in [0.717, 1.165) is 17.0 Å². The highest BCUT2D eigenvalue weighted by molar-refractivity contribution is 5.25. The van der Waals surface area contributed by atoms with Crippen LogP contribution in [-0.2, 0) is 0 Å². The zero-order valence-electron chi connectivity index (χ0n) is 6.95. The molecule has 0 saturated carbocycles. The maximum Gasteiger partial charge on any atom is 0.228 e. The van der Waals surface area contributed by atoms with E-state index >= 15 is 0 Å². The molecule has 0 amide bonds. The average Bonchev–Trinajstić information content (AvgIpc) is 2.64. The van der Waals surface area contributed by atoms with Crippen molar-refractivity contribution in [3.63, 3.8) is 0 Å². The minimum absolute atomic E-state index is 0.482. The topological polar surface area (TPSA) is 27.1 Å². The molecule has 1 aromatic carbocycles. The van der Waals surface area contributed by atoms with Crippen molar-refractivity contribution in [1.82, 2.24) is 9.94 Å². The smallest absolute Gasteiger partial charge is 0.228 e. The number of para-hydroxylation sites is 1. The van der Waals surface area contributed by atoms with Crippen molar-refractivity contribution in [3.05, 3.63) is 48.3 Å². The summed E-state index contributed by atoms with van der Waals surface area (Å²) in [5.74, 6) is -2.04. The molecule has 14 heavy (non-hydrogen) atoms. The molecule has 71 valence electrons. The van der Waals surface area contributed by atoms with E-state index in [2.05, 4.69) is 11.3 Å². The van der Waals surface area contributed by atoms with Crippen LogP contribution in [0.15, 0.2) is 30.5 Å². The zero-order valence-corrected chi connectivity index (χ0v) is 6.95. The predicted molar refractivity (Wildman–Crippen MR) is 43.4 cm³/mol. The molecule has 0 aliphatic rings. The number of aromatic nitrogens is 2. The number of hydrogen-bond donors (Lipinski definition) is 0. The Morgan fingerprint density at radius 3 is 2.57 bits per heavy atom. The van der Waals surface area contributed by atoms with Gasteiger partial charge in [0.05, 0.1) is 6.20 Å². The van der Waals surface area contributed by atoms with Crippen LogP contribution in [0.5, 0.6) is 5.75 Å². The molecule has 2 rings (SSSR count). The molecule has 0 spiro atoms. The fraction of sp³-hybridized carbons (Fsp3) is 0. The Kier molecular flexibility index (Phi) is 2.14. The molecule has 0 N–H and O–H groups in total. The largest absolute Gasteiger partial charge is 0.352 e. The summed E-state index contributed by atoms with van der Waals surface area (Å²) in [4.78, 5) is 5.72. The maximum absolute atomic E-state index is 13.0. The molecule has 3 nitrogen and oxygen atoms in total. The van der Waals surface area contributed by atoms with Crippen LogP contribution in [0.1, 0.15) is 0 Å². The Morgan fingerprint density at radius 2 is 2.00 bits per heavy atom. The van der Waals surface area contributed by atoms with Crippen LogP contribution in [-0.4, -0.2) is 9.94 Å². The lowest BCUT2D eigenvalue weighted by Crippen LogP contribution is -2.07. The van der Waals surface area contributed by atoms with Crippen molar-refractivity contribution in [1.29, 1.82) is 0 Å². The average molecular weight is 195 g/mol. The first kappa shape index (κ1) is 8.68. The SMILES string of the molecule is Fc1cccc(F)c1On1cc[c]n1. The Labute approximate surface area is 78.5 Å². The van der Waals surface area contributed by atoms with Crippen molar-refractivity contribution in [2.24, 2.45) is 0 Å². The zero-order chi connectivity index (χ0) is 9.97. The molecule has 5 heteroatoms. The van der Waals surface area contributed by atoms with E-state index in [-0.39, 0.29) is 0 Å². The molecule has 0 atom stereocenters. The lowest BCUT2D eigenvalue weighted by Gasteiger charge is -2.05. The first-order valence-corrected chi connectivity index (χ1v) is 3.81. The third-order valence-electron chi connectivity index (χ3n) is 1.54. The monoisotopic (exact) mass is 195 g/mol. The second-order valence-corrected chi connectivity index (χ2v) is 2.49. The molecule has 0 aliphatic carbocycles. The minimum Gasteiger partial charge on any atom is -0.352 e. The van der Waals surface area contributed by atoms with Gasteiger partial charge in [-0.1, -0.05) is 10.9 Å². The summed E-state index contributed by atoms with van der Waals surface area (Å²) in [7, 11) is 0. The molecule has 0 saturated heterocycles. The summed E-state index contributed by atoms with van der Waals surface area (Å²) in [6, 6.07) is 4.92. The summed E-state index contributed by atoms with van der Waals surface area (Å²) in [6.45, 7) is 0. The van der Waals surface area contributed by atoms with Gasteiger partial charge in [0.2, 0.25) is 5.75 Å². The van der Waals surface area contributed by atoms with E-state index in [0.29, 0.717) is 0 Å². The van der Waals surface area contributed by atoms with Gasteiger partial charge in [0.15, 0.2) is 11.6 Å². The number of hydrogen-bond acceptors (Lipinski definition) is 2. The van der Waals surface area contributed by atoms with Crippen LogP contribution in [0.4, 0.5) is 8.78 Å². The van der Waals surface area contributed by atoms with Gasteiger partial charge < -0.3 is 4.84 Å². The van der Waals surface area contributed by atoms with Crippen molar-refractivity contribution in [2.75, 3.05) is 0 Å². The van der Waals surface area contributed by atoms with Gasteiger partial charge in [-0.2, -0.15) is 0 Å². The van der Waals surface area contributed by atoms with E-state index in [1.54, 1.807) is 0 Å². The van der Waals surface area contributed by atoms with Crippen LogP contribution in [0.25, 0.3) is 0 Å². The van der Waals surface area contributed by atoms with Gasteiger partial charge in [-0.05, 0) is 18.2 Å². The van der Waals surface area contributed by atoms with Crippen LogP contribution >= 0.6 is 0 Å². The van der Waals surface area contributed by atoms with E-state index in [9.17, 15) is 8.78 Å². The lowest BCUT2D eigenvalue weighted by molar-refractivity contribution is 0.161. The third-order valence-corrected chi connectivity index (χ3v) is 1.54. The number of rotatable bonds is 2. The van der Waals surface area contributed by atoms with Crippen LogP contribution < -0.4 is 4.84 Å². The van der Waals surface area contributed by atoms with E-state index in [4.69, 9.17) is 4.84 Å². The summed E-state index contributed by atoms with van der Waals surface area (Å²) >= 11 is 0. The lowest BCUT2D eigenvalue weighted by atomic mass is 10.3. The van der Waals surface area contributed by atoms with Crippen molar-refractivity contribution >= 4 is 0 Å². The highest BCUT2D eigenvalue weighted by Crippen LogP contribution is 2.20. The fourth-order valence-electron chi connectivity index (χ4n) is 0.935. The third kappa shape index (κ3) is 1.56. The van der Waals surface area contributed by atoms with Crippen LogP contribution in [0.2, 0.25) is 0 Å². The highest BCUT2D eigenvalue weighted by Gasteiger charge is 2.10. The summed E-state index contributed by atoms with van der Waals surface area (Å²) in [6.07, 6.45) is 3.81. The molecule has 0 aliphatic heterocycles. The van der Waals surface area contributed by atoms with Gasteiger partial charge in [-0.3, -0.25) is 0 Å². The van der Waals surface area contributed by atoms with Crippen molar-refractivity contribution < 1.29 is 13.6 Å². The Hall–Kier alpha value is -1.91. The predicted octanol–water partition coefficient (Wildman–Crippen LogP) is 1.80. The summed E-state index contributed by atoms with van der Waals surface area (Å²) < 4.78 is 26.1. The number of benzene rings is 1. The minimum atomic E-state index is -0.777. The van der Waals surface area contributed by atoms with E-state index < -0.39 is 17.4 Å². The molecule has 1 radical (unpaired) electrons. The standard InChI is InChI=1S/C9H5F2N2O/c10-7-3-1-4-8(11)9(7)14-13-6-2-5-12-13/h1-4,6H. The molecule has 0 bridgehead atoms. The normalized spacial score (nSPS) is 10.1. The van der Waals surface area contributed by atoms with Gasteiger partial charge in [0, 0.05) is 0 Å². The Balaban J connectivity index is 2.33. The number of halogens is 2. The van der Waals surface area contributed by atoms with Crippen LogP contribution in [0.3, 0.4) is 0 Å². The second-order valence-electron chi connectivity index (χ2n) is 2.49. The maximum atomic E-state index is 13.0. The quantitative estimate of drug-likeness (QED) is 0.730. The van der Waals surface area contributed by atoms with Gasteiger partial charge in [-0.25, -0.2) is 8.78 Å².